The summed E-state index contributed by atoms with van der Waals surface area (Å²) in [6.07, 6.45) is 0. The smallest absolute Gasteiger partial charge is 0.137 e. The van der Waals surface area contributed by atoms with E-state index in [0.717, 1.165) is 22.6 Å². The molecule has 4 heteroatoms. The second kappa shape index (κ2) is 5.68. The van der Waals surface area contributed by atoms with Crippen molar-refractivity contribution in [1.82, 2.24) is 5.32 Å². The lowest BCUT2D eigenvalue weighted by molar-refractivity contribution is 0.414. The normalized spacial score (nSPS) is 12.5. The van der Waals surface area contributed by atoms with Gasteiger partial charge in [0.25, 0.3) is 0 Å². The van der Waals surface area contributed by atoms with Crippen molar-refractivity contribution in [3.05, 3.63) is 51.9 Å². The Morgan fingerprint density at radius 2 is 2.00 bits per heavy atom. The molecule has 1 atom stereocenters. The van der Waals surface area contributed by atoms with Crippen molar-refractivity contribution >= 4 is 11.6 Å². The van der Waals surface area contributed by atoms with Crippen LogP contribution >= 0.6 is 11.6 Å². The summed E-state index contributed by atoms with van der Waals surface area (Å²) < 4.78 is 10.8. The lowest BCUT2D eigenvalue weighted by Gasteiger charge is -2.17. The summed E-state index contributed by atoms with van der Waals surface area (Å²) >= 11 is 6.19. The van der Waals surface area contributed by atoms with E-state index >= 15 is 0 Å². The second-order valence-corrected chi connectivity index (χ2v) is 4.89. The predicted molar refractivity (Wildman–Crippen MR) is 77.1 cm³/mol. The molecular weight excluding hydrogens is 262 g/mol. The molecule has 0 fully saturated rings. The first-order chi connectivity index (χ1) is 9.06. The standard InChI is InChI=1S/C15H18ClNO2/c1-9-7-12(10(2)19-9)15(17-3)11-5-6-14(18-4)13(16)8-11/h5-8,15,17H,1-4H3. The molecule has 1 unspecified atom stereocenters. The maximum atomic E-state index is 6.19. The Morgan fingerprint density at radius 1 is 1.26 bits per heavy atom. The molecule has 1 aromatic heterocycles. The number of rotatable bonds is 4. The number of benzene rings is 1. The summed E-state index contributed by atoms with van der Waals surface area (Å²) in [6, 6.07) is 7.91. The fraction of sp³-hybridized carbons (Fsp3) is 0.333. The van der Waals surface area contributed by atoms with Gasteiger partial charge in [0.2, 0.25) is 0 Å². The fourth-order valence-corrected chi connectivity index (χ4v) is 2.57. The third kappa shape index (κ3) is 2.77. The van der Waals surface area contributed by atoms with Crippen molar-refractivity contribution in [2.75, 3.05) is 14.2 Å². The number of hydrogen-bond donors (Lipinski definition) is 1. The van der Waals surface area contributed by atoms with E-state index in [1.54, 1.807) is 7.11 Å². The average Bonchev–Trinajstić information content (AvgIpc) is 2.70. The summed E-state index contributed by atoms with van der Waals surface area (Å²) in [5, 5.41) is 3.90. The molecule has 0 spiro atoms. The van der Waals surface area contributed by atoms with Gasteiger partial charge < -0.3 is 14.5 Å². The number of halogens is 1. The number of furan rings is 1. The van der Waals surface area contributed by atoms with E-state index in [9.17, 15) is 0 Å². The van der Waals surface area contributed by atoms with Gasteiger partial charge in [-0.1, -0.05) is 17.7 Å². The van der Waals surface area contributed by atoms with Crippen molar-refractivity contribution < 1.29 is 9.15 Å². The summed E-state index contributed by atoms with van der Waals surface area (Å²) in [4.78, 5) is 0. The van der Waals surface area contributed by atoms with Crippen LogP contribution in [0.1, 0.15) is 28.7 Å². The van der Waals surface area contributed by atoms with Gasteiger partial charge in [-0.3, -0.25) is 0 Å². The van der Waals surface area contributed by atoms with Crippen molar-refractivity contribution in [2.24, 2.45) is 0 Å². The number of ether oxygens (including phenoxy) is 1. The zero-order chi connectivity index (χ0) is 14.0. The van der Waals surface area contributed by atoms with Gasteiger partial charge in [0, 0.05) is 5.56 Å². The van der Waals surface area contributed by atoms with Gasteiger partial charge in [-0.15, -0.1) is 0 Å². The van der Waals surface area contributed by atoms with Crippen LogP contribution in [0.15, 0.2) is 28.7 Å². The molecule has 0 saturated carbocycles. The second-order valence-electron chi connectivity index (χ2n) is 4.48. The molecule has 1 aromatic carbocycles. The summed E-state index contributed by atoms with van der Waals surface area (Å²) in [5.41, 5.74) is 2.21. The molecule has 2 rings (SSSR count). The highest BCUT2D eigenvalue weighted by atomic mass is 35.5. The Labute approximate surface area is 118 Å². The summed E-state index contributed by atoms with van der Waals surface area (Å²) in [5.74, 6) is 2.51. The number of methoxy groups -OCH3 is 1. The van der Waals surface area contributed by atoms with Crippen LogP contribution in [0.4, 0.5) is 0 Å². The molecule has 0 aliphatic carbocycles. The zero-order valence-electron chi connectivity index (χ0n) is 11.6. The minimum atomic E-state index is 0.0563. The first-order valence-corrected chi connectivity index (χ1v) is 6.52. The first-order valence-electron chi connectivity index (χ1n) is 6.14. The van der Waals surface area contributed by atoms with Crippen LogP contribution in [0.5, 0.6) is 5.75 Å². The van der Waals surface area contributed by atoms with Gasteiger partial charge in [0.1, 0.15) is 17.3 Å². The monoisotopic (exact) mass is 279 g/mol. The van der Waals surface area contributed by atoms with Gasteiger partial charge >= 0.3 is 0 Å². The van der Waals surface area contributed by atoms with Crippen LogP contribution in [0.3, 0.4) is 0 Å². The molecular formula is C15H18ClNO2. The van der Waals surface area contributed by atoms with Crippen molar-refractivity contribution in [2.45, 2.75) is 19.9 Å². The molecule has 0 aliphatic rings. The Bertz CT molecular complexity index is 578. The Balaban J connectivity index is 2.42. The van der Waals surface area contributed by atoms with E-state index in [1.807, 2.05) is 39.1 Å². The SMILES string of the molecule is CNC(c1ccc(OC)c(Cl)c1)c1cc(C)oc1C. The van der Waals surface area contributed by atoms with Crippen molar-refractivity contribution in [1.29, 1.82) is 0 Å². The Kier molecular flexibility index (Phi) is 4.17. The molecule has 0 radical (unpaired) electrons. The van der Waals surface area contributed by atoms with E-state index in [1.165, 1.54) is 0 Å². The van der Waals surface area contributed by atoms with E-state index in [4.69, 9.17) is 20.8 Å². The molecule has 19 heavy (non-hydrogen) atoms. The maximum Gasteiger partial charge on any atom is 0.137 e. The van der Waals surface area contributed by atoms with Crippen LogP contribution < -0.4 is 10.1 Å². The maximum absolute atomic E-state index is 6.19. The molecule has 0 amide bonds. The minimum absolute atomic E-state index is 0.0563. The zero-order valence-corrected chi connectivity index (χ0v) is 12.3. The van der Waals surface area contributed by atoms with Crippen LogP contribution in [-0.4, -0.2) is 14.2 Å². The molecule has 0 bridgehead atoms. The lowest BCUT2D eigenvalue weighted by Crippen LogP contribution is -2.17. The number of aryl methyl sites for hydroxylation is 2. The molecule has 102 valence electrons. The third-order valence-corrected chi connectivity index (χ3v) is 3.48. The molecule has 0 aliphatic heterocycles. The first kappa shape index (κ1) is 14.0. The van der Waals surface area contributed by atoms with Gasteiger partial charge in [-0.05, 0) is 44.7 Å². The van der Waals surface area contributed by atoms with Gasteiger partial charge in [0.05, 0.1) is 18.2 Å². The quantitative estimate of drug-likeness (QED) is 0.923. The molecule has 1 heterocycles. The fourth-order valence-electron chi connectivity index (χ4n) is 2.30. The van der Waals surface area contributed by atoms with E-state index in [-0.39, 0.29) is 6.04 Å². The molecule has 3 nitrogen and oxygen atoms in total. The topological polar surface area (TPSA) is 34.4 Å². The van der Waals surface area contributed by atoms with Crippen LogP contribution in [0, 0.1) is 13.8 Å². The van der Waals surface area contributed by atoms with Crippen molar-refractivity contribution in [3.8, 4) is 5.75 Å². The van der Waals surface area contributed by atoms with Gasteiger partial charge in [-0.2, -0.15) is 0 Å². The van der Waals surface area contributed by atoms with E-state index < -0.39 is 0 Å². The molecule has 0 saturated heterocycles. The van der Waals surface area contributed by atoms with Crippen LogP contribution in [-0.2, 0) is 0 Å². The molecule has 1 N–H and O–H groups in total. The Morgan fingerprint density at radius 3 is 2.47 bits per heavy atom. The highest BCUT2D eigenvalue weighted by Gasteiger charge is 2.18. The van der Waals surface area contributed by atoms with Gasteiger partial charge in [-0.25, -0.2) is 0 Å². The lowest BCUT2D eigenvalue weighted by atomic mass is 9.99. The highest BCUT2D eigenvalue weighted by Crippen LogP contribution is 2.32. The summed E-state index contributed by atoms with van der Waals surface area (Å²) in [7, 11) is 3.53. The largest absolute Gasteiger partial charge is 0.495 e. The van der Waals surface area contributed by atoms with Crippen molar-refractivity contribution in [3.63, 3.8) is 0 Å². The molecule has 2 aromatic rings. The number of hydrogen-bond acceptors (Lipinski definition) is 3. The highest BCUT2D eigenvalue weighted by molar-refractivity contribution is 6.32. The number of nitrogens with one attached hydrogen (secondary N) is 1. The summed E-state index contributed by atoms with van der Waals surface area (Å²) in [6.45, 7) is 3.92. The third-order valence-electron chi connectivity index (χ3n) is 3.19. The van der Waals surface area contributed by atoms with Crippen LogP contribution in [0.25, 0.3) is 0 Å². The average molecular weight is 280 g/mol. The van der Waals surface area contributed by atoms with Gasteiger partial charge in [0.15, 0.2) is 0 Å². The van der Waals surface area contributed by atoms with Crippen LogP contribution in [0.2, 0.25) is 5.02 Å². The Hall–Kier alpha value is -1.45. The minimum Gasteiger partial charge on any atom is -0.495 e. The van der Waals surface area contributed by atoms with E-state index in [2.05, 4.69) is 11.4 Å². The van der Waals surface area contributed by atoms with E-state index in [0.29, 0.717) is 10.8 Å². The predicted octanol–water partition coefficient (Wildman–Crippen LogP) is 3.87.